The Bertz CT molecular complexity index is 902. The van der Waals surface area contributed by atoms with Crippen LogP contribution >= 0.6 is 11.8 Å². The number of aromatic nitrogens is 3. The Morgan fingerprint density at radius 1 is 1.22 bits per heavy atom. The number of anilines is 1. The predicted octanol–water partition coefficient (Wildman–Crippen LogP) is 4.27. The van der Waals surface area contributed by atoms with Crippen LogP contribution in [-0.2, 0) is 11.0 Å². The van der Waals surface area contributed by atoms with E-state index in [4.69, 9.17) is 4.42 Å². The van der Waals surface area contributed by atoms with Crippen LogP contribution in [0.1, 0.15) is 12.1 Å². The van der Waals surface area contributed by atoms with Crippen LogP contribution in [0.5, 0.6) is 0 Å². The van der Waals surface area contributed by atoms with Crippen molar-refractivity contribution in [2.75, 3.05) is 11.1 Å². The van der Waals surface area contributed by atoms with Crippen molar-refractivity contribution < 1.29 is 22.4 Å². The minimum absolute atomic E-state index is 0.0321. The van der Waals surface area contributed by atoms with Crippen LogP contribution in [0, 0.1) is 0 Å². The van der Waals surface area contributed by atoms with Gasteiger partial charge in [-0.05, 0) is 30.3 Å². The molecule has 0 aliphatic heterocycles. The summed E-state index contributed by atoms with van der Waals surface area (Å²) < 4.78 is 44.4. The minimum atomic E-state index is -4.61. The van der Waals surface area contributed by atoms with Gasteiger partial charge in [0.2, 0.25) is 5.91 Å². The lowest BCUT2D eigenvalue weighted by atomic mass is 10.2. The number of carbonyl (C=O) groups is 1. The predicted molar refractivity (Wildman–Crippen MR) is 92.9 cm³/mol. The van der Waals surface area contributed by atoms with Crippen molar-refractivity contribution in [3.63, 3.8) is 0 Å². The highest BCUT2D eigenvalue weighted by Crippen LogP contribution is 2.32. The van der Waals surface area contributed by atoms with Gasteiger partial charge in [-0.2, -0.15) is 13.2 Å². The summed E-state index contributed by atoms with van der Waals surface area (Å²) in [5.74, 6) is 0.137. The lowest BCUT2D eigenvalue weighted by molar-refractivity contribution is -0.141. The zero-order valence-corrected chi connectivity index (χ0v) is 14.5. The molecule has 3 rings (SSSR count). The lowest BCUT2D eigenvalue weighted by Crippen LogP contribution is -2.13. The van der Waals surface area contributed by atoms with Crippen molar-refractivity contribution in [1.82, 2.24) is 15.0 Å². The molecule has 0 unspecified atom stereocenters. The van der Waals surface area contributed by atoms with E-state index in [1.54, 1.807) is 24.4 Å². The van der Waals surface area contributed by atoms with Gasteiger partial charge >= 0.3 is 6.18 Å². The van der Waals surface area contributed by atoms with Crippen LogP contribution in [0.25, 0.3) is 11.5 Å². The fourth-order valence-corrected chi connectivity index (χ4v) is 2.88. The van der Waals surface area contributed by atoms with Crippen LogP contribution in [0.15, 0.2) is 58.6 Å². The van der Waals surface area contributed by atoms with E-state index < -0.39 is 11.9 Å². The second kappa shape index (κ2) is 8.21. The summed E-state index contributed by atoms with van der Waals surface area (Å²) in [6.07, 6.45) is -0.115. The summed E-state index contributed by atoms with van der Waals surface area (Å²) in [5.41, 5.74) is -0.487. The van der Waals surface area contributed by atoms with E-state index in [0.29, 0.717) is 5.69 Å². The first-order chi connectivity index (χ1) is 12.9. The number of thioether (sulfide) groups is 1. The lowest BCUT2D eigenvalue weighted by Gasteiger charge is -2.09. The normalized spacial score (nSPS) is 11.4. The summed E-state index contributed by atoms with van der Waals surface area (Å²) in [7, 11) is 0. The first-order valence-corrected chi connectivity index (χ1v) is 8.73. The first kappa shape index (κ1) is 18.9. The number of pyridine rings is 1. The van der Waals surface area contributed by atoms with Gasteiger partial charge in [0, 0.05) is 18.4 Å². The standard InChI is InChI=1S/C17H13F3N4O2S/c18-17(19,20)14-9-12(13-4-2-7-26-13)23-16(24-14)27-8-5-15(25)22-11-3-1-6-21-10-11/h1-4,6-7,9-10H,5,8H2,(H,22,25). The molecule has 3 heterocycles. The topological polar surface area (TPSA) is 80.9 Å². The third-order valence-corrected chi connectivity index (χ3v) is 4.12. The van der Waals surface area contributed by atoms with Gasteiger partial charge in [0.05, 0.1) is 18.1 Å². The SMILES string of the molecule is O=C(CCSc1nc(-c2ccco2)cc(C(F)(F)F)n1)Nc1cccnc1. The number of hydrogen-bond acceptors (Lipinski definition) is 6. The highest BCUT2D eigenvalue weighted by molar-refractivity contribution is 7.99. The van der Waals surface area contributed by atoms with Crippen LogP contribution in [-0.4, -0.2) is 26.6 Å². The molecule has 0 radical (unpaired) electrons. The van der Waals surface area contributed by atoms with Gasteiger partial charge in [0.1, 0.15) is 11.4 Å². The average molecular weight is 394 g/mol. The Kier molecular flexibility index (Phi) is 5.75. The van der Waals surface area contributed by atoms with Crippen molar-refractivity contribution >= 4 is 23.4 Å². The number of nitrogens with one attached hydrogen (secondary N) is 1. The molecule has 6 nitrogen and oxygen atoms in total. The van der Waals surface area contributed by atoms with Crippen molar-refractivity contribution in [3.05, 3.63) is 54.7 Å². The molecular formula is C17H13F3N4O2S. The van der Waals surface area contributed by atoms with Gasteiger partial charge in [-0.3, -0.25) is 9.78 Å². The van der Waals surface area contributed by atoms with Crippen LogP contribution in [0.4, 0.5) is 18.9 Å². The molecule has 0 aromatic carbocycles. The van der Waals surface area contributed by atoms with Gasteiger partial charge in [0.25, 0.3) is 0 Å². The molecule has 27 heavy (non-hydrogen) atoms. The molecule has 0 saturated carbocycles. The van der Waals surface area contributed by atoms with Crippen molar-refractivity contribution in [2.24, 2.45) is 0 Å². The molecule has 3 aromatic rings. The number of nitrogens with zero attached hydrogens (tertiary/aromatic N) is 3. The number of alkyl halides is 3. The molecule has 0 atom stereocenters. The highest BCUT2D eigenvalue weighted by Gasteiger charge is 2.34. The number of amides is 1. The number of hydrogen-bond donors (Lipinski definition) is 1. The van der Waals surface area contributed by atoms with Gasteiger partial charge in [-0.25, -0.2) is 9.97 Å². The molecule has 10 heteroatoms. The van der Waals surface area contributed by atoms with Crippen molar-refractivity contribution in [1.29, 1.82) is 0 Å². The fourth-order valence-electron chi connectivity index (χ4n) is 2.08. The zero-order chi connectivity index (χ0) is 19.3. The highest BCUT2D eigenvalue weighted by atomic mass is 32.2. The van der Waals surface area contributed by atoms with Crippen molar-refractivity contribution in [3.8, 4) is 11.5 Å². The molecule has 0 saturated heterocycles. The molecule has 0 bridgehead atoms. The molecule has 0 spiro atoms. The minimum Gasteiger partial charge on any atom is -0.463 e. The number of rotatable bonds is 6. The summed E-state index contributed by atoms with van der Waals surface area (Å²) >= 11 is 0.961. The average Bonchev–Trinajstić information content (AvgIpc) is 3.16. The summed E-state index contributed by atoms with van der Waals surface area (Å²) in [5, 5.41) is 2.57. The Hall–Kier alpha value is -2.88. The largest absolute Gasteiger partial charge is 0.463 e. The molecule has 0 fully saturated rings. The molecule has 1 N–H and O–H groups in total. The van der Waals surface area contributed by atoms with E-state index in [0.717, 1.165) is 17.8 Å². The molecule has 0 aliphatic rings. The maximum Gasteiger partial charge on any atom is 0.433 e. The molecule has 0 aliphatic carbocycles. The second-order valence-corrected chi connectivity index (χ2v) is 6.35. The van der Waals surface area contributed by atoms with Crippen LogP contribution in [0.2, 0.25) is 0 Å². The van der Waals surface area contributed by atoms with Gasteiger partial charge in [-0.1, -0.05) is 11.8 Å². The summed E-state index contributed by atoms with van der Waals surface area (Å²) in [6.45, 7) is 0. The van der Waals surface area contributed by atoms with E-state index in [9.17, 15) is 18.0 Å². The second-order valence-electron chi connectivity index (χ2n) is 5.28. The molecule has 3 aromatic heterocycles. The zero-order valence-electron chi connectivity index (χ0n) is 13.7. The van der Waals surface area contributed by atoms with Crippen LogP contribution in [0.3, 0.4) is 0 Å². The number of furan rings is 1. The van der Waals surface area contributed by atoms with E-state index in [-0.39, 0.29) is 34.7 Å². The van der Waals surface area contributed by atoms with E-state index in [2.05, 4.69) is 20.3 Å². The van der Waals surface area contributed by atoms with E-state index in [1.165, 1.54) is 18.5 Å². The van der Waals surface area contributed by atoms with Gasteiger partial charge in [-0.15, -0.1) is 0 Å². The van der Waals surface area contributed by atoms with Gasteiger partial charge in [0.15, 0.2) is 10.9 Å². The third kappa shape index (κ3) is 5.30. The molecular weight excluding hydrogens is 381 g/mol. The number of carbonyl (C=O) groups excluding carboxylic acids is 1. The van der Waals surface area contributed by atoms with Crippen molar-refractivity contribution in [2.45, 2.75) is 17.8 Å². The van der Waals surface area contributed by atoms with Crippen LogP contribution < -0.4 is 5.32 Å². The van der Waals surface area contributed by atoms with E-state index >= 15 is 0 Å². The summed E-state index contributed by atoms with van der Waals surface area (Å²) in [6, 6.07) is 7.26. The Balaban J connectivity index is 1.67. The third-order valence-electron chi connectivity index (χ3n) is 3.28. The molecule has 140 valence electrons. The monoisotopic (exact) mass is 394 g/mol. The Labute approximate surface area is 156 Å². The first-order valence-electron chi connectivity index (χ1n) is 7.74. The number of halogens is 3. The Morgan fingerprint density at radius 3 is 2.74 bits per heavy atom. The fraction of sp³-hybridized carbons (Fsp3) is 0.176. The van der Waals surface area contributed by atoms with Gasteiger partial charge < -0.3 is 9.73 Å². The summed E-state index contributed by atoms with van der Waals surface area (Å²) in [4.78, 5) is 23.4. The maximum atomic E-state index is 13.1. The Morgan fingerprint density at radius 2 is 2.07 bits per heavy atom. The quantitative estimate of drug-likeness (QED) is 0.497. The van der Waals surface area contributed by atoms with E-state index in [1.807, 2.05) is 0 Å². The smallest absolute Gasteiger partial charge is 0.433 e. The molecule has 1 amide bonds. The maximum absolute atomic E-state index is 13.1.